The first kappa shape index (κ1) is 25.9. The molecule has 1 amide bonds. The van der Waals surface area contributed by atoms with Gasteiger partial charge in [-0.3, -0.25) is 4.79 Å². The third kappa shape index (κ3) is 7.43. The fourth-order valence-corrected chi connectivity index (χ4v) is 4.14. The van der Waals surface area contributed by atoms with E-state index in [2.05, 4.69) is 64.8 Å². The highest BCUT2D eigenvalue weighted by Gasteiger charge is 2.11. The second kappa shape index (κ2) is 12.7. The number of hydrogen-bond acceptors (Lipinski definition) is 6. The number of amides is 1. The van der Waals surface area contributed by atoms with Gasteiger partial charge in [-0.2, -0.15) is 4.98 Å². The molecule has 4 rings (SSSR count). The highest BCUT2D eigenvalue weighted by Crippen LogP contribution is 2.29. The van der Waals surface area contributed by atoms with Crippen molar-refractivity contribution in [2.24, 2.45) is 0 Å². The zero-order chi connectivity index (χ0) is 26.0. The molecule has 0 unspecified atom stereocenters. The monoisotopic (exact) mass is 499 g/mol. The first-order chi connectivity index (χ1) is 18.0. The van der Waals surface area contributed by atoms with Crippen LogP contribution in [0.15, 0.2) is 71.3 Å². The number of nitrogens with zero attached hydrogens (tertiary/aromatic N) is 2. The molecule has 0 spiro atoms. The van der Waals surface area contributed by atoms with E-state index in [1.54, 1.807) is 6.92 Å². The Hall–Kier alpha value is -4.13. The fraction of sp³-hybridized carbons (Fsp3) is 0.300. The van der Waals surface area contributed by atoms with Crippen molar-refractivity contribution >= 4 is 5.91 Å². The summed E-state index contributed by atoms with van der Waals surface area (Å²) in [6.45, 7) is 6.73. The second-order valence-electron chi connectivity index (χ2n) is 8.97. The predicted molar refractivity (Wildman–Crippen MR) is 142 cm³/mol. The van der Waals surface area contributed by atoms with Gasteiger partial charge in [0, 0.05) is 26.5 Å². The molecule has 192 valence electrons. The number of aryl methyl sites for hydroxylation is 2. The molecule has 37 heavy (non-hydrogen) atoms. The van der Waals surface area contributed by atoms with Crippen LogP contribution in [0.5, 0.6) is 11.5 Å². The van der Waals surface area contributed by atoms with E-state index in [1.165, 1.54) is 23.6 Å². The second-order valence-corrected chi connectivity index (χ2v) is 8.97. The maximum Gasteiger partial charge on any atom is 0.223 e. The minimum atomic E-state index is -0.00882. The van der Waals surface area contributed by atoms with Crippen molar-refractivity contribution in [3.8, 4) is 22.6 Å². The van der Waals surface area contributed by atoms with Gasteiger partial charge in [0.15, 0.2) is 6.61 Å². The molecule has 0 atom stereocenters. The van der Waals surface area contributed by atoms with E-state index in [9.17, 15) is 4.79 Å². The van der Waals surface area contributed by atoms with Gasteiger partial charge in [0.05, 0.1) is 0 Å². The van der Waals surface area contributed by atoms with Gasteiger partial charge in [-0.1, -0.05) is 59.8 Å². The molecule has 7 nitrogen and oxygen atoms in total. The largest absolute Gasteiger partial charge is 0.489 e. The fourth-order valence-electron chi connectivity index (χ4n) is 4.14. The maximum atomic E-state index is 11.1. The van der Waals surface area contributed by atoms with Crippen LogP contribution >= 0.6 is 0 Å². The number of aromatic nitrogens is 2. The Labute approximate surface area is 217 Å². The van der Waals surface area contributed by atoms with Gasteiger partial charge in [0.1, 0.15) is 18.1 Å². The van der Waals surface area contributed by atoms with Crippen LogP contribution in [0, 0.1) is 13.8 Å². The molecule has 1 aromatic heterocycles. The Morgan fingerprint density at radius 3 is 2.51 bits per heavy atom. The zero-order valence-corrected chi connectivity index (χ0v) is 21.6. The van der Waals surface area contributed by atoms with Crippen molar-refractivity contribution < 1.29 is 18.8 Å². The van der Waals surface area contributed by atoms with Crippen LogP contribution in [0.3, 0.4) is 0 Å². The average Bonchev–Trinajstić information content (AvgIpc) is 3.32. The Kier molecular flexibility index (Phi) is 8.92. The number of ether oxygens (including phenoxy) is 2. The number of rotatable bonds is 12. The van der Waals surface area contributed by atoms with Gasteiger partial charge in [-0.25, -0.2) is 0 Å². The third-order valence-corrected chi connectivity index (χ3v) is 6.14. The molecule has 0 aliphatic carbocycles. The molecule has 0 radical (unpaired) electrons. The van der Waals surface area contributed by atoms with Crippen LogP contribution in [0.4, 0.5) is 0 Å². The number of carbonyl (C=O) groups is 1. The minimum absolute atomic E-state index is 0.00882. The van der Waals surface area contributed by atoms with Crippen LogP contribution < -0.4 is 14.8 Å². The van der Waals surface area contributed by atoms with Crippen molar-refractivity contribution in [3.63, 3.8) is 0 Å². The van der Waals surface area contributed by atoms with Gasteiger partial charge in [-0.05, 0) is 60.1 Å². The standard InChI is InChI=1S/C30H33N3O4/c1-21-26(13-9-14-28(21)24-10-5-4-6-11-24)19-35-27-16-15-25(12-7-8-17-31-22(2)34)29(18-27)36-20-30-32-23(3)37-33-30/h4-6,9-11,13-16,18H,7-8,12,17,19-20H2,1-3H3,(H,31,34). The number of benzene rings is 3. The Morgan fingerprint density at radius 1 is 0.919 bits per heavy atom. The molecule has 0 saturated carbocycles. The normalized spacial score (nSPS) is 10.8. The van der Waals surface area contributed by atoms with E-state index in [0.717, 1.165) is 41.9 Å². The summed E-state index contributed by atoms with van der Waals surface area (Å²) in [5, 5.41) is 6.76. The Morgan fingerprint density at radius 2 is 1.76 bits per heavy atom. The van der Waals surface area contributed by atoms with Gasteiger partial charge in [0.2, 0.25) is 17.6 Å². The molecule has 0 aliphatic heterocycles. The highest BCUT2D eigenvalue weighted by atomic mass is 16.5. The minimum Gasteiger partial charge on any atom is -0.489 e. The molecule has 0 fully saturated rings. The number of carbonyl (C=O) groups excluding carboxylic acids is 1. The highest BCUT2D eigenvalue weighted by molar-refractivity contribution is 5.72. The summed E-state index contributed by atoms with van der Waals surface area (Å²) in [5.41, 5.74) is 5.80. The van der Waals surface area contributed by atoms with Crippen LogP contribution in [0.25, 0.3) is 11.1 Å². The molecule has 0 aliphatic rings. The summed E-state index contributed by atoms with van der Waals surface area (Å²) in [4.78, 5) is 15.3. The third-order valence-electron chi connectivity index (χ3n) is 6.14. The summed E-state index contributed by atoms with van der Waals surface area (Å²) in [6.07, 6.45) is 2.63. The topological polar surface area (TPSA) is 86.5 Å². The van der Waals surface area contributed by atoms with Crippen LogP contribution in [-0.2, 0) is 24.4 Å². The van der Waals surface area contributed by atoms with Crippen molar-refractivity contribution in [2.75, 3.05) is 6.54 Å². The number of hydrogen-bond donors (Lipinski definition) is 1. The molecule has 3 aromatic carbocycles. The SMILES string of the molecule is CC(=O)NCCCCc1ccc(OCc2cccc(-c3ccccc3)c2C)cc1OCc1noc(C)n1. The van der Waals surface area contributed by atoms with E-state index < -0.39 is 0 Å². The first-order valence-electron chi connectivity index (χ1n) is 12.6. The lowest BCUT2D eigenvalue weighted by molar-refractivity contribution is -0.118. The number of unbranched alkanes of at least 4 members (excludes halogenated alkanes) is 1. The molecule has 1 heterocycles. The molecule has 0 bridgehead atoms. The molecule has 4 aromatic rings. The van der Waals surface area contributed by atoms with E-state index >= 15 is 0 Å². The summed E-state index contributed by atoms with van der Waals surface area (Å²) in [7, 11) is 0. The van der Waals surface area contributed by atoms with Crippen molar-refractivity contribution in [2.45, 2.75) is 53.2 Å². The maximum absolute atomic E-state index is 11.1. The lowest BCUT2D eigenvalue weighted by Crippen LogP contribution is -2.20. The Balaban J connectivity index is 1.45. The van der Waals surface area contributed by atoms with Crippen LogP contribution in [0.1, 0.15) is 48.2 Å². The molecular weight excluding hydrogens is 466 g/mol. The first-order valence-corrected chi connectivity index (χ1v) is 12.6. The van der Waals surface area contributed by atoms with Crippen LogP contribution in [0.2, 0.25) is 0 Å². The number of nitrogens with one attached hydrogen (secondary N) is 1. The van der Waals surface area contributed by atoms with Crippen LogP contribution in [-0.4, -0.2) is 22.6 Å². The summed E-state index contributed by atoms with van der Waals surface area (Å²) < 4.78 is 17.4. The lowest BCUT2D eigenvalue weighted by Gasteiger charge is -2.15. The van der Waals surface area contributed by atoms with Crippen molar-refractivity contribution in [1.82, 2.24) is 15.5 Å². The Bertz CT molecular complexity index is 1320. The van der Waals surface area contributed by atoms with E-state index in [-0.39, 0.29) is 12.5 Å². The summed E-state index contributed by atoms with van der Waals surface area (Å²) >= 11 is 0. The molecule has 1 N–H and O–H groups in total. The zero-order valence-electron chi connectivity index (χ0n) is 21.6. The summed E-state index contributed by atoms with van der Waals surface area (Å²) in [6, 6.07) is 22.6. The molecule has 7 heteroatoms. The predicted octanol–water partition coefficient (Wildman–Crippen LogP) is 5.97. The lowest BCUT2D eigenvalue weighted by atomic mass is 9.97. The van der Waals surface area contributed by atoms with Gasteiger partial charge in [0.25, 0.3) is 0 Å². The quantitative estimate of drug-likeness (QED) is 0.242. The van der Waals surface area contributed by atoms with E-state index in [4.69, 9.17) is 14.0 Å². The van der Waals surface area contributed by atoms with Gasteiger partial charge in [-0.15, -0.1) is 0 Å². The van der Waals surface area contributed by atoms with E-state index in [1.807, 2.05) is 24.3 Å². The average molecular weight is 500 g/mol. The van der Waals surface area contributed by atoms with Crippen molar-refractivity contribution in [1.29, 1.82) is 0 Å². The summed E-state index contributed by atoms with van der Waals surface area (Å²) in [5.74, 6) is 2.45. The smallest absolute Gasteiger partial charge is 0.223 e. The van der Waals surface area contributed by atoms with Gasteiger partial charge >= 0.3 is 0 Å². The van der Waals surface area contributed by atoms with Gasteiger partial charge < -0.3 is 19.3 Å². The molecular formula is C30H33N3O4. The van der Waals surface area contributed by atoms with Crippen molar-refractivity contribution in [3.05, 3.63) is 95.1 Å². The van der Waals surface area contributed by atoms with E-state index in [0.29, 0.717) is 24.9 Å². The molecule has 0 saturated heterocycles.